The van der Waals surface area contributed by atoms with Gasteiger partial charge in [-0.3, -0.25) is 9.48 Å². The maximum atomic E-state index is 12.8. The lowest BCUT2D eigenvalue weighted by atomic mass is 9.98. The highest BCUT2D eigenvalue weighted by Crippen LogP contribution is 2.34. The fraction of sp³-hybridized carbons (Fsp3) is 0.400. The van der Waals surface area contributed by atoms with Crippen LogP contribution in [0.15, 0.2) is 19.7 Å². The van der Waals surface area contributed by atoms with Gasteiger partial charge >= 0.3 is 5.63 Å². The first-order valence-corrected chi connectivity index (χ1v) is 10.8. The Hall–Kier alpha value is -3.35. The van der Waals surface area contributed by atoms with E-state index in [1.54, 1.807) is 0 Å². The largest absolute Gasteiger partial charge is 0.461 e. The Morgan fingerprint density at radius 1 is 0.969 bits per heavy atom. The van der Waals surface area contributed by atoms with Gasteiger partial charge in [-0.2, -0.15) is 5.10 Å². The number of rotatable bonds is 5. The van der Waals surface area contributed by atoms with Crippen LogP contribution in [0.1, 0.15) is 51.4 Å². The molecule has 0 atom stereocenters. The average molecular weight is 436 g/mol. The minimum Gasteiger partial charge on any atom is -0.461 e. The number of nitrogens with zero attached hydrogens (tertiary/aromatic N) is 2. The highest BCUT2D eigenvalue weighted by Gasteiger charge is 2.19. The van der Waals surface area contributed by atoms with Gasteiger partial charge in [0.2, 0.25) is 5.91 Å². The Bertz CT molecular complexity index is 1440. The first kappa shape index (κ1) is 21.9. The van der Waals surface area contributed by atoms with E-state index in [4.69, 9.17) is 8.83 Å². The fourth-order valence-electron chi connectivity index (χ4n) is 4.37. The Kier molecular flexibility index (Phi) is 5.44. The van der Waals surface area contributed by atoms with Crippen LogP contribution in [0.5, 0.6) is 0 Å². The van der Waals surface area contributed by atoms with E-state index in [1.807, 2.05) is 59.3 Å². The normalized spacial score (nSPS) is 11.6. The highest BCUT2D eigenvalue weighted by atomic mass is 16.4. The van der Waals surface area contributed by atoms with Crippen molar-refractivity contribution in [1.29, 1.82) is 0 Å². The Balaban J connectivity index is 1.59. The third kappa shape index (κ3) is 3.51. The molecule has 0 unspecified atom stereocenters. The number of carbonyl (C=O) groups excluding carboxylic acids is 1. The van der Waals surface area contributed by atoms with Crippen molar-refractivity contribution in [2.75, 3.05) is 0 Å². The number of carbonyl (C=O) groups is 1. The highest BCUT2D eigenvalue weighted by molar-refractivity contribution is 6.00. The zero-order valence-electron chi connectivity index (χ0n) is 19.7. The maximum absolute atomic E-state index is 12.8. The second-order valence-corrected chi connectivity index (χ2v) is 8.58. The van der Waals surface area contributed by atoms with Crippen molar-refractivity contribution < 1.29 is 13.6 Å². The number of hydrogen-bond donors (Lipinski definition) is 1. The molecule has 3 heterocycles. The van der Waals surface area contributed by atoms with Crippen molar-refractivity contribution in [3.05, 3.63) is 61.5 Å². The molecule has 0 aliphatic rings. The average Bonchev–Trinajstić information content (AvgIpc) is 3.16. The molecule has 0 bridgehead atoms. The van der Waals surface area contributed by atoms with Crippen molar-refractivity contribution in [2.45, 2.75) is 60.9 Å². The zero-order valence-corrected chi connectivity index (χ0v) is 19.7. The Morgan fingerprint density at radius 3 is 2.28 bits per heavy atom. The van der Waals surface area contributed by atoms with Gasteiger partial charge in [0.15, 0.2) is 0 Å². The van der Waals surface area contributed by atoms with E-state index >= 15 is 0 Å². The minimum atomic E-state index is -0.399. The summed E-state index contributed by atoms with van der Waals surface area (Å²) in [4.78, 5) is 25.3. The van der Waals surface area contributed by atoms with Crippen LogP contribution in [0.4, 0.5) is 0 Å². The smallest absolute Gasteiger partial charge is 0.339 e. The number of furan rings is 1. The molecule has 32 heavy (non-hydrogen) atoms. The summed E-state index contributed by atoms with van der Waals surface area (Å²) in [5, 5.41) is 9.23. The summed E-state index contributed by atoms with van der Waals surface area (Å²) in [5.74, 6) is 0.744. The third-order valence-electron chi connectivity index (χ3n) is 6.67. The van der Waals surface area contributed by atoms with Crippen molar-refractivity contribution in [2.24, 2.45) is 7.05 Å². The zero-order chi connectivity index (χ0) is 23.3. The summed E-state index contributed by atoms with van der Waals surface area (Å²) >= 11 is 0. The molecular weight excluding hydrogens is 406 g/mol. The van der Waals surface area contributed by atoms with Crippen LogP contribution >= 0.6 is 0 Å². The predicted molar refractivity (Wildman–Crippen MR) is 124 cm³/mol. The first-order valence-electron chi connectivity index (χ1n) is 10.8. The van der Waals surface area contributed by atoms with Crippen molar-refractivity contribution in [3.63, 3.8) is 0 Å². The quantitative estimate of drug-likeness (QED) is 0.470. The molecule has 1 N–H and O–H groups in total. The summed E-state index contributed by atoms with van der Waals surface area (Å²) in [5.41, 5.74) is 7.15. The number of fused-ring (bicyclic) bond motifs is 2. The monoisotopic (exact) mass is 435 g/mol. The number of aromatic nitrogens is 2. The van der Waals surface area contributed by atoms with Gasteiger partial charge < -0.3 is 14.2 Å². The molecule has 1 aromatic carbocycles. The lowest BCUT2D eigenvalue weighted by Crippen LogP contribution is -2.24. The topological polar surface area (TPSA) is 90.3 Å². The van der Waals surface area contributed by atoms with E-state index in [2.05, 4.69) is 10.4 Å². The molecule has 0 aliphatic carbocycles. The number of aryl methyl sites for hydroxylation is 6. The van der Waals surface area contributed by atoms with Gasteiger partial charge in [0.05, 0.1) is 5.69 Å². The van der Waals surface area contributed by atoms with Crippen LogP contribution in [0.3, 0.4) is 0 Å². The molecule has 3 aromatic heterocycles. The van der Waals surface area contributed by atoms with Crippen LogP contribution in [0.2, 0.25) is 0 Å². The SMILES string of the molecule is Cc1nn(C)c(C)c1CNC(=O)CCc1c(C)c2cc3c(C)c(C)oc3c(C)c2oc1=O. The molecule has 0 radical (unpaired) electrons. The molecule has 168 valence electrons. The summed E-state index contributed by atoms with van der Waals surface area (Å²) in [7, 11) is 1.89. The van der Waals surface area contributed by atoms with Crippen LogP contribution in [-0.4, -0.2) is 15.7 Å². The maximum Gasteiger partial charge on any atom is 0.339 e. The summed E-state index contributed by atoms with van der Waals surface area (Å²) in [6.45, 7) is 12.1. The molecule has 1 amide bonds. The van der Waals surface area contributed by atoms with Gasteiger partial charge in [0, 0.05) is 53.2 Å². The number of benzene rings is 1. The van der Waals surface area contributed by atoms with E-state index < -0.39 is 5.63 Å². The van der Waals surface area contributed by atoms with Crippen molar-refractivity contribution in [1.82, 2.24) is 15.1 Å². The molecule has 0 spiro atoms. The molecule has 4 rings (SSSR count). The molecule has 7 heteroatoms. The van der Waals surface area contributed by atoms with E-state index in [0.29, 0.717) is 24.1 Å². The third-order valence-corrected chi connectivity index (χ3v) is 6.67. The van der Waals surface area contributed by atoms with Gasteiger partial charge in [-0.25, -0.2) is 4.79 Å². The fourth-order valence-corrected chi connectivity index (χ4v) is 4.37. The molecule has 0 fully saturated rings. The standard InChI is InChI=1S/C25H29N3O4/c1-12-17(6)31-23-14(3)24-20(10-19(12)23)13(2)18(25(30)32-24)8-9-22(29)26-11-21-15(4)27-28(7)16(21)5/h10H,8-9,11H2,1-7H3,(H,26,29). The second kappa shape index (κ2) is 7.97. The van der Waals surface area contributed by atoms with E-state index in [0.717, 1.165) is 55.8 Å². The molecule has 0 saturated carbocycles. The van der Waals surface area contributed by atoms with E-state index in [9.17, 15) is 9.59 Å². The number of amides is 1. The van der Waals surface area contributed by atoms with Gasteiger partial charge in [-0.1, -0.05) is 0 Å². The van der Waals surface area contributed by atoms with Crippen molar-refractivity contribution >= 4 is 27.8 Å². The second-order valence-electron chi connectivity index (χ2n) is 8.58. The van der Waals surface area contributed by atoms with Crippen LogP contribution in [-0.2, 0) is 24.8 Å². The van der Waals surface area contributed by atoms with Gasteiger partial charge in [0.25, 0.3) is 0 Å². The minimum absolute atomic E-state index is 0.112. The van der Waals surface area contributed by atoms with Crippen LogP contribution in [0, 0.1) is 41.5 Å². The summed E-state index contributed by atoms with van der Waals surface area (Å²) in [6, 6.07) is 2.03. The molecule has 7 nitrogen and oxygen atoms in total. The molecule has 0 saturated heterocycles. The van der Waals surface area contributed by atoms with E-state index in [-0.39, 0.29) is 12.3 Å². The number of nitrogens with one attached hydrogen (secondary N) is 1. The van der Waals surface area contributed by atoms with Gasteiger partial charge in [0.1, 0.15) is 16.9 Å². The summed E-state index contributed by atoms with van der Waals surface area (Å²) < 4.78 is 13.4. The Labute approximate surface area is 186 Å². The Morgan fingerprint density at radius 2 is 1.62 bits per heavy atom. The van der Waals surface area contributed by atoms with Gasteiger partial charge in [-0.15, -0.1) is 0 Å². The van der Waals surface area contributed by atoms with Crippen LogP contribution < -0.4 is 10.9 Å². The van der Waals surface area contributed by atoms with Gasteiger partial charge in [-0.05, 0) is 65.2 Å². The molecule has 4 aromatic rings. The first-order chi connectivity index (χ1) is 15.1. The lowest BCUT2D eigenvalue weighted by molar-refractivity contribution is -0.121. The lowest BCUT2D eigenvalue weighted by Gasteiger charge is -2.10. The van der Waals surface area contributed by atoms with Crippen molar-refractivity contribution in [3.8, 4) is 0 Å². The molecular formula is C25H29N3O4. The summed E-state index contributed by atoms with van der Waals surface area (Å²) in [6.07, 6.45) is 0.530. The predicted octanol–water partition coefficient (Wildman–Crippen LogP) is 4.37. The number of hydrogen-bond acceptors (Lipinski definition) is 5. The van der Waals surface area contributed by atoms with E-state index in [1.165, 1.54) is 0 Å². The molecule has 0 aliphatic heterocycles. The van der Waals surface area contributed by atoms with Crippen LogP contribution in [0.25, 0.3) is 21.9 Å².